The van der Waals surface area contributed by atoms with Crippen molar-refractivity contribution in [3.63, 3.8) is 0 Å². The number of non-ortho nitro benzene ring substituents is 1. The summed E-state index contributed by atoms with van der Waals surface area (Å²) in [6.07, 6.45) is 0. The van der Waals surface area contributed by atoms with Gasteiger partial charge in [-0.2, -0.15) is 0 Å². The molecule has 1 atom stereocenters. The summed E-state index contributed by atoms with van der Waals surface area (Å²) < 4.78 is 0.795. The summed E-state index contributed by atoms with van der Waals surface area (Å²) in [5.74, 6) is -1.92. The minimum Gasteiger partial charge on any atom is -0.507 e. The van der Waals surface area contributed by atoms with Crippen molar-refractivity contribution in [1.82, 2.24) is 0 Å². The molecule has 0 unspecified atom stereocenters. The number of amides is 1. The minimum absolute atomic E-state index is 0.0760. The third-order valence-corrected chi connectivity index (χ3v) is 5.54. The van der Waals surface area contributed by atoms with Crippen molar-refractivity contribution in [1.29, 1.82) is 0 Å². The first-order valence-electron chi connectivity index (χ1n) is 9.25. The number of aliphatic hydroxyl groups is 1. The molecule has 0 bridgehead atoms. The number of benzene rings is 3. The molecule has 0 saturated carbocycles. The number of hydrogen-bond donors (Lipinski definition) is 1. The molecule has 0 radical (unpaired) electrons. The fraction of sp³-hybridized carbons (Fsp3) is 0.0435. The van der Waals surface area contributed by atoms with Gasteiger partial charge in [0.15, 0.2) is 0 Å². The second-order valence-electron chi connectivity index (χ2n) is 6.86. The fourth-order valence-electron chi connectivity index (χ4n) is 3.55. The second kappa shape index (κ2) is 8.16. The zero-order valence-electron chi connectivity index (χ0n) is 15.9. The standard InChI is InChI=1S/C23H15BrN2O5/c24-16-8-12-17(13-9-16)25-20(14-6-10-18(11-7-14)26(30)31)19(22(28)23(25)29)21(27)15-4-2-1-3-5-15/h1-13,20,27H/t20-/m1/s1. The Bertz CT molecular complexity index is 1200. The van der Waals surface area contributed by atoms with E-state index < -0.39 is 22.7 Å². The van der Waals surface area contributed by atoms with Crippen LogP contribution in [-0.2, 0) is 9.59 Å². The smallest absolute Gasteiger partial charge is 0.300 e. The summed E-state index contributed by atoms with van der Waals surface area (Å²) in [4.78, 5) is 37.8. The van der Waals surface area contributed by atoms with Crippen LogP contribution in [0.15, 0.2) is 88.9 Å². The van der Waals surface area contributed by atoms with E-state index >= 15 is 0 Å². The van der Waals surface area contributed by atoms with Crippen molar-refractivity contribution in [3.8, 4) is 0 Å². The molecule has 7 nitrogen and oxygen atoms in total. The van der Waals surface area contributed by atoms with Gasteiger partial charge in [0.2, 0.25) is 0 Å². The van der Waals surface area contributed by atoms with Crippen LogP contribution in [-0.4, -0.2) is 21.7 Å². The van der Waals surface area contributed by atoms with Crippen molar-refractivity contribution in [3.05, 3.63) is 110 Å². The molecular formula is C23H15BrN2O5. The molecule has 0 spiro atoms. The second-order valence-corrected chi connectivity index (χ2v) is 7.78. The predicted octanol–water partition coefficient (Wildman–Crippen LogP) is 4.98. The lowest BCUT2D eigenvalue weighted by Gasteiger charge is -2.25. The van der Waals surface area contributed by atoms with Gasteiger partial charge in [0.05, 0.1) is 16.5 Å². The highest BCUT2D eigenvalue weighted by molar-refractivity contribution is 9.10. The molecule has 1 fully saturated rings. The third kappa shape index (κ3) is 3.73. The van der Waals surface area contributed by atoms with E-state index in [1.54, 1.807) is 54.6 Å². The average molecular weight is 479 g/mol. The molecule has 1 aliphatic heterocycles. The van der Waals surface area contributed by atoms with Crippen molar-refractivity contribution in [2.24, 2.45) is 0 Å². The van der Waals surface area contributed by atoms with Gasteiger partial charge in [0.25, 0.3) is 17.4 Å². The highest BCUT2D eigenvalue weighted by Crippen LogP contribution is 2.42. The van der Waals surface area contributed by atoms with Crippen LogP contribution in [0.2, 0.25) is 0 Å². The van der Waals surface area contributed by atoms with Crippen LogP contribution in [0.1, 0.15) is 17.2 Å². The topological polar surface area (TPSA) is 101 Å². The third-order valence-electron chi connectivity index (χ3n) is 5.02. The summed E-state index contributed by atoms with van der Waals surface area (Å²) >= 11 is 3.34. The number of rotatable bonds is 4. The monoisotopic (exact) mass is 478 g/mol. The maximum absolute atomic E-state index is 13.0. The number of Topliss-reactive ketones (excluding diaryl/α,β-unsaturated/α-hetero) is 1. The number of nitro groups is 1. The Hall–Kier alpha value is -3.78. The number of nitro benzene ring substituents is 1. The van der Waals surface area contributed by atoms with E-state index in [4.69, 9.17) is 0 Å². The van der Waals surface area contributed by atoms with Gasteiger partial charge in [-0.15, -0.1) is 0 Å². The van der Waals surface area contributed by atoms with Gasteiger partial charge < -0.3 is 5.11 Å². The van der Waals surface area contributed by atoms with Crippen LogP contribution >= 0.6 is 15.9 Å². The van der Waals surface area contributed by atoms with Gasteiger partial charge in [0.1, 0.15) is 5.76 Å². The molecule has 8 heteroatoms. The van der Waals surface area contributed by atoms with Crippen molar-refractivity contribution < 1.29 is 19.6 Å². The summed E-state index contributed by atoms with van der Waals surface area (Å²) in [6.45, 7) is 0. The van der Waals surface area contributed by atoms with Crippen LogP contribution in [0.4, 0.5) is 11.4 Å². The fourth-order valence-corrected chi connectivity index (χ4v) is 3.81. The summed E-state index contributed by atoms with van der Waals surface area (Å²) in [6, 6.07) is 19.9. The highest BCUT2D eigenvalue weighted by Gasteiger charge is 2.47. The van der Waals surface area contributed by atoms with E-state index in [1.807, 2.05) is 0 Å². The lowest BCUT2D eigenvalue weighted by Crippen LogP contribution is -2.29. The van der Waals surface area contributed by atoms with Gasteiger partial charge in [-0.1, -0.05) is 46.3 Å². The van der Waals surface area contributed by atoms with E-state index in [2.05, 4.69) is 15.9 Å². The summed E-state index contributed by atoms with van der Waals surface area (Å²) in [5, 5.41) is 22.0. The Morgan fingerprint density at radius 1 is 0.935 bits per heavy atom. The quantitative estimate of drug-likeness (QED) is 0.187. The highest BCUT2D eigenvalue weighted by atomic mass is 79.9. The van der Waals surface area contributed by atoms with E-state index in [9.17, 15) is 24.8 Å². The largest absolute Gasteiger partial charge is 0.507 e. The average Bonchev–Trinajstić information content (AvgIpc) is 3.05. The van der Waals surface area contributed by atoms with Crippen LogP contribution < -0.4 is 4.90 Å². The number of aliphatic hydroxyl groups excluding tert-OH is 1. The van der Waals surface area contributed by atoms with Crippen molar-refractivity contribution in [2.45, 2.75) is 6.04 Å². The van der Waals surface area contributed by atoms with Gasteiger partial charge in [-0.25, -0.2) is 0 Å². The van der Waals surface area contributed by atoms with E-state index in [-0.39, 0.29) is 17.0 Å². The number of carbonyl (C=O) groups excluding carboxylic acids is 2. The number of carbonyl (C=O) groups is 2. The lowest BCUT2D eigenvalue weighted by molar-refractivity contribution is -0.384. The lowest BCUT2D eigenvalue weighted by atomic mass is 9.95. The molecule has 1 aliphatic rings. The van der Waals surface area contributed by atoms with E-state index in [1.165, 1.54) is 29.2 Å². The van der Waals surface area contributed by atoms with Crippen molar-refractivity contribution in [2.75, 3.05) is 4.90 Å². The van der Waals surface area contributed by atoms with Crippen LogP contribution in [0, 0.1) is 10.1 Å². The number of hydrogen-bond acceptors (Lipinski definition) is 5. The maximum atomic E-state index is 13.0. The first-order chi connectivity index (χ1) is 14.9. The zero-order valence-corrected chi connectivity index (χ0v) is 17.5. The van der Waals surface area contributed by atoms with Gasteiger partial charge in [-0.05, 0) is 42.0 Å². The Labute approximate surface area is 185 Å². The Morgan fingerprint density at radius 3 is 2.13 bits per heavy atom. The number of halogens is 1. The Kier molecular flexibility index (Phi) is 5.39. The van der Waals surface area contributed by atoms with Crippen LogP contribution in [0.3, 0.4) is 0 Å². The molecule has 31 heavy (non-hydrogen) atoms. The molecule has 3 aromatic rings. The normalized spacial score (nSPS) is 17.7. The van der Waals surface area contributed by atoms with E-state index in [0.29, 0.717) is 16.8 Å². The molecule has 1 amide bonds. The van der Waals surface area contributed by atoms with Crippen LogP contribution in [0.5, 0.6) is 0 Å². The Balaban J connectivity index is 1.93. The number of ketones is 1. The van der Waals surface area contributed by atoms with Gasteiger partial charge >= 0.3 is 0 Å². The summed E-state index contributed by atoms with van der Waals surface area (Å²) in [7, 11) is 0. The minimum atomic E-state index is -0.942. The number of nitrogens with zero attached hydrogens (tertiary/aromatic N) is 2. The number of anilines is 1. The van der Waals surface area contributed by atoms with Gasteiger partial charge in [-0.3, -0.25) is 24.6 Å². The molecule has 4 rings (SSSR count). The molecular weight excluding hydrogens is 464 g/mol. The Morgan fingerprint density at radius 2 is 1.55 bits per heavy atom. The van der Waals surface area contributed by atoms with E-state index in [0.717, 1.165) is 4.47 Å². The molecule has 0 aliphatic carbocycles. The summed E-state index contributed by atoms with van der Waals surface area (Å²) in [5.41, 5.74) is 1.12. The molecule has 1 N–H and O–H groups in total. The van der Waals surface area contributed by atoms with Crippen LogP contribution in [0.25, 0.3) is 5.76 Å². The first-order valence-corrected chi connectivity index (χ1v) is 10.0. The maximum Gasteiger partial charge on any atom is 0.300 e. The first kappa shape index (κ1) is 20.5. The molecule has 3 aromatic carbocycles. The molecule has 1 saturated heterocycles. The van der Waals surface area contributed by atoms with Gasteiger partial charge in [0, 0.05) is 27.9 Å². The molecule has 1 heterocycles. The SMILES string of the molecule is O=C1C(=O)N(c2ccc(Br)cc2)[C@H](c2ccc([N+](=O)[O-])cc2)C1=C(O)c1ccccc1. The predicted molar refractivity (Wildman–Crippen MR) is 118 cm³/mol. The zero-order chi connectivity index (χ0) is 22.1. The van der Waals surface area contributed by atoms with Crippen molar-refractivity contribution >= 4 is 44.8 Å². The molecule has 154 valence electrons. The molecule has 0 aromatic heterocycles.